The molecule has 0 aromatic heterocycles. The van der Waals surface area contributed by atoms with Gasteiger partial charge in [0.05, 0.1) is 6.26 Å². The molecule has 0 aromatic rings. The van der Waals surface area contributed by atoms with Gasteiger partial charge in [0.25, 0.3) is 0 Å². The molecule has 1 fully saturated rings. The Morgan fingerprint density at radius 2 is 1.42 bits per heavy atom. The van der Waals surface area contributed by atoms with Crippen molar-refractivity contribution in [3.63, 3.8) is 0 Å². The van der Waals surface area contributed by atoms with E-state index in [1.165, 1.54) is 0 Å². The van der Waals surface area contributed by atoms with Gasteiger partial charge in [-0.05, 0) is 25.7 Å². The molecule has 1 aliphatic heterocycles. The van der Waals surface area contributed by atoms with Gasteiger partial charge in [0, 0.05) is 23.5 Å². The van der Waals surface area contributed by atoms with Crippen LogP contribution in [0.1, 0.15) is 25.7 Å². The van der Waals surface area contributed by atoms with Crippen LogP contribution in [0.2, 0.25) is 0 Å². The molecule has 0 aromatic carbocycles. The standard InChI is InChI=1S/C12H20Cl4O8P2/c1-2-20-26(19)22-12(5-9-15,6-10-16)11(3-7-13,4-8-14)21-23-25(17,18)24-26/h2H,1,3-10H2,(H,17,18). The molecule has 0 spiro atoms. The second kappa shape index (κ2) is 10.7. The maximum atomic E-state index is 12.9. The molecule has 0 bridgehead atoms. The Morgan fingerprint density at radius 1 is 0.962 bits per heavy atom. The molecule has 0 saturated carbocycles. The predicted molar refractivity (Wildman–Crippen MR) is 99.9 cm³/mol. The lowest BCUT2D eigenvalue weighted by Crippen LogP contribution is -2.59. The first-order valence-electron chi connectivity index (χ1n) is 7.43. The van der Waals surface area contributed by atoms with Crippen molar-refractivity contribution in [3.8, 4) is 0 Å². The normalized spacial score (nSPS) is 31.0. The Morgan fingerprint density at radius 3 is 1.85 bits per heavy atom. The van der Waals surface area contributed by atoms with Gasteiger partial charge in [0.15, 0.2) is 0 Å². The summed E-state index contributed by atoms with van der Waals surface area (Å²) in [5, 5.41) is 0. The molecule has 26 heavy (non-hydrogen) atoms. The fourth-order valence-electron chi connectivity index (χ4n) is 2.73. The molecule has 1 aliphatic rings. The number of halogens is 4. The average Bonchev–Trinajstić information content (AvgIpc) is 2.52. The topological polar surface area (TPSA) is 101 Å². The van der Waals surface area contributed by atoms with Gasteiger partial charge in [-0.25, -0.2) is 14.0 Å². The summed E-state index contributed by atoms with van der Waals surface area (Å²) >= 11 is 23.7. The molecular weight excluding hydrogens is 476 g/mol. The maximum absolute atomic E-state index is 12.9. The molecule has 8 nitrogen and oxygen atoms in total. The van der Waals surface area contributed by atoms with Gasteiger partial charge >= 0.3 is 15.6 Å². The fourth-order valence-corrected chi connectivity index (χ4v) is 6.59. The van der Waals surface area contributed by atoms with Crippen LogP contribution in [-0.4, -0.2) is 39.6 Å². The highest BCUT2D eigenvalue weighted by atomic mass is 35.5. The van der Waals surface area contributed by atoms with E-state index in [-0.39, 0.29) is 49.2 Å². The van der Waals surface area contributed by atoms with Gasteiger partial charge in [-0.15, -0.1) is 51.1 Å². The zero-order valence-electron chi connectivity index (χ0n) is 13.7. The van der Waals surface area contributed by atoms with Gasteiger partial charge in [-0.3, -0.25) is 4.52 Å². The van der Waals surface area contributed by atoms with Gasteiger partial charge in [0.1, 0.15) is 11.2 Å². The van der Waals surface area contributed by atoms with Crippen LogP contribution in [-0.2, 0) is 32.1 Å². The molecule has 2 atom stereocenters. The molecule has 0 radical (unpaired) electrons. The largest absolute Gasteiger partial charge is 0.539 e. The molecule has 14 heteroatoms. The van der Waals surface area contributed by atoms with Crippen LogP contribution >= 0.6 is 62.0 Å². The van der Waals surface area contributed by atoms with E-state index in [0.29, 0.717) is 0 Å². The Hall–Kier alpha value is 0.960. The second-order valence-corrected chi connectivity index (χ2v) is 9.80. The molecule has 0 aliphatic carbocycles. The lowest BCUT2D eigenvalue weighted by atomic mass is 9.75. The quantitative estimate of drug-likeness (QED) is 0.187. The van der Waals surface area contributed by atoms with Crippen LogP contribution < -0.4 is 0 Å². The monoisotopic (exact) mass is 494 g/mol. The van der Waals surface area contributed by atoms with Gasteiger partial charge in [-0.2, -0.15) is 4.31 Å². The predicted octanol–water partition coefficient (Wildman–Crippen LogP) is 5.34. The van der Waals surface area contributed by atoms with Crippen molar-refractivity contribution in [2.24, 2.45) is 0 Å². The van der Waals surface area contributed by atoms with E-state index < -0.39 is 26.8 Å². The Balaban J connectivity index is 3.60. The number of phosphoric ester groups is 1. The molecule has 1 rings (SSSR count). The Labute approximate surface area is 172 Å². The van der Waals surface area contributed by atoms with Crippen LogP contribution in [0.25, 0.3) is 0 Å². The Bertz CT molecular complexity index is 551. The van der Waals surface area contributed by atoms with Gasteiger partial charge in [-0.1, -0.05) is 6.58 Å². The van der Waals surface area contributed by atoms with E-state index in [1.54, 1.807) is 0 Å². The van der Waals surface area contributed by atoms with Crippen LogP contribution in [0.15, 0.2) is 12.8 Å². The smallest absolute Gasteiger partial charge is 0.412 e. The van der Waals surface area contributed by atoms with E-state index in [1.807, 2.05) is 0 Å². The highest BCUT2D eigenvalue weighted by Gasteiger charge is 2.61. The minimum Gasteiger partial charge on any atom is -0.412 e. The minimum absolute atomic E-state index is 0.0391. The van der Waals surface area contributed by atoms with E-state index in [4.69, 9.17) is 60.3 Å². The highest BCUT2D eigenvalue weighted by molar-refractivity contribution is 7.61. The number of hydrogen-bond acceptors (Lipinski definition) is 7. The van der Waals surface area contributed by atoms with Crippen LogP contribution in [0.4, 0.5) is 0 Å². The summed E-state index contributed by atoms with van der Waals surface area (Å²) in [6.45, 7) is 3.26. The minimum atomic E-state index is -4.97. The lowest BCUT2D eigenvalue weighted by molar-refractivity contribution is -0.352. The first-order valence-corrected chi connectivity index (χ1v) is 12.5. The first kappa shape index (κ1) is 25.0. The highest BCUT2D eigenvalue weighted by Crippen LogP contribution is 2.69. The SMILES string of the molecule is C=COP1(=O)OC(CCCl)(CCCl)C(CCCl)(CCCl)OOP(=O)(O)O1. The van der Waals surface area contributed by atoms with Crippen LogP contribution in [0.3, 0.4) is 0 Å². The first-order chi connectivity index (χ1) is 12.2. The fraction of sp³-hybridized carbons (Fsp3) is 0.833. The van der Waals surface area contributed by atoms with Gasteiger partial charge in [0.2, 0.25) is 0 Å². The van der Waals surface area contributed by atoms with Crippen LogP contribution in [0.5, 0.6) is 0 Å². The lowest BCUT2D eigenvalue weighted by Gasteiger charge is -2.49. The van der Waals surface area contributed by atoms with E-state index >= 15 is 0 Å². The van der Waals surface area contributed by atoms with Crippen molar-refractivity contribution in [3.05, 3.63) is 12.8 Å². The van der Waals surface area contributed by atoms with E-state index in [2.05, 4.69) is 15.6 Å². The van der Waals surface area contributed by atoms with Crippen molar-refractivity contribution in [2.75, 3.05) is 23.5 Å². The number of phosphoric acid groups is 2. The maximum Gasteiger partial charge on any atom is 0.539 e. The molecule has 1 saturated heterocycles. The third-order valence-electron chi connectivity index (χ3n) is 3.81. The van der Waals surface area contributed by atoms with Crippen molar-refractivity contribution in [1.82, 2.24) is 0 Å². The van der Waals surface area contributed by atoms with Gasteiger partial charge < -0.3 is 9.42 Å². The number of hydrogen-bond donors (Lipinski definition) is 1. The van der Waals surface area contributed by atoms with Crippen molar-refractivity contribution in [1.29, 1.82) is 0 Å². The summed E-state index contributed by atoms with van der Waals surface area (Å²) in [6, 6.07) is 0. The zero-order valence-corrected chi connectivity index (χ0v) is 18.5. The zero-order chi connectivity index (χ0) is 19.9. The third kappa shape index (κ3) is 5.98. The molecule has 2 unspecified atom stereocenters. The Kier molecular flexibility index (Phi) is 10.2. The number of alkyl halides is 4. The summed E-state index contributed by atoms with van der Waals surface area (Å²) in [5.41, 5.74) is -3.00. The average molecular weight is 496 g/mol. The molecule has 154 valence electrons. The molecule has 1 N–H and O–H groups in total. The molecular formula is C12H20Cl4O8P2. The molecule has 0 amide bonds. The summed E-state index contributed by atoms with van der Waals surface area (Å²) < 4.78 is 44.6. The summed E-state index contributed by atoms with van der Waals surface area (Å²) in [4.78, 5) is 15.0. The third-order valence-corrected chi connectivity index (χ3v) is 7.43. The second-order valence-electron chi connectivity index (χ2n) is 5.26. The number of rotatable bonds is 10. The van der Waals surface area contributed by atoms with Crippen LogP contribution in [0, 0.1) is 0 Å². The van der Waals surface area contributed by atoms with E-state index in [0.717, 1.165) is 6.26 Å². The molecule has 1 heterocycles. The van der Waals surface area contributed by atoms with Crippen molar-refractivity contribution >= 4 is 62.0 Å². The van der Waals surface area contributed by atoms with E-state index in [9.17, 15) is 14.0 Å². The summed E-state index contributed by atoms with van der Waals surface area (Å²) in [5.74, 6) is 0.160. The summed E-state index contributed by atoms with van der Waals surface area (Å²) in [6.07, 6.45) is 0.983. The van der Waals surface area contributed by atoms with Crippen molar-refractivity contribution < 1.29 is 36.9 Å². The van der Waals surface area contributed by atoms with Crippen molar-refractivity contribution in [2.45, 2.75) is 36.9 Å². The summed E-state index contributed by atoms with van der Waals surface area (Å²) in [7, 11) is -9.62.